The lowest BCUT2D eigenvalue weighted by Gasteiger charge is -2.32. The van der Waals surface area contributed by atoms with Crippen molar-refractivity contribution in [2.75, 3.05) is 39.5 Å². The number of guanidine groups is 1. The molecule has 0 aliphatic carbocycles. The fourth-order valence-corrected chi connectivity index (χ4v) is 1.77. The summed E-state index contributed by atoms with van der Waals surface area (Å²) in [5, 5.41) is 8.73. The van der Waals surface area contributed by atoms with Gasteiger partial charge in [0.25, 0.3) is 0 Å². The number of nitrogens with zero attached hydrogens (tertiary/aromatic N) is 2. The third kappa shape index (κ3) is 5.20. The summed E-state index contributed by atoms with van der Waals surface area (Å²) in [5.74, 6) is 0.533. The second-order valence-corrected chi connectivity index (χ2v) is 5.13. The zero-order valence-electron chi connectivity index (χ0n) is 11.6. The summed E-state index contributed by atoms with van der Waals surface area (Å²) in [6.45, 7) is 8.92. The number of aliphatic hydroxyl groups is 1. The van der Waals surface area contributed by atoms with Gasteiger partial charge in [-0.15, -0.1) is 0 Å². The Morgan fingerprint density at radius 2 is 2.33 bits per heavy atom. The zero-order valence-corrected chi connectivity index (χ0v) is 11.6. The number of rotatable bonds is 5. The largest absolute Gasteiger partial charge is 0.394 e. The van der Waals surface area contributed by atoms with Gasteiger partial charge < -0.3 is 25.2 Å². The molecule has 0 aromatic heterocycles. The van der Waals surface area contributed by atoms with Crippen LogP contribution >= 0.6 is 0 Å². The third-order valence-electron chi connectivity index (χ3n) is 2.77. The van der Waals surface area contributed by atoms with Crippen molar-refractivity contribution < 1.29 is 14.6 Å². The van der Waals surface area contributed by atoms with Crippen LogP contribution in [0.4, 0.5) is 0 Å². The van der Waals surface area contributed by atoms with Crippen molar-refractivity contribution in [3.63, 3.8) is 0 Å². The lowest BCUT2D eigenvalue weighted by atomic mass is 10.1. The number of aliphatic hydroxyl groups excluding tert-OH is 1. The maximum Gasteiger partial charge on any atom is 0.191 e. The number of aliphatic imine (C=N–C) groups is 1. The lowest BCUT2D eigenvalue weighted by Crippen LogP contribution is -2.48. The molecule has 0 aromatic rings. The minimum atomic E-state index is -0.411. The summed E-state index contributed by atoms with van der Waals surface area (Å²) in [4.78, 5) is 6.39. The van der Waals surface area contributed by atoms with Crippen LogP contribution in [0.5, 0.6) is 0 Å². The van der Waals surface area contributed by atoms with E-state index in [0.717, 1.165) is 13.1 Å². The molecule has 18 heavy (non-hydrogen) atoms. The molecule has 1 unspecified atom stereocenters. The van der Waals surface area contributed by atoms with Crippen molar-refractivity contribution in [2.24, 2.45) is 10.7 Å². The van der Waals surface area contributed by atoms with E-state index in [9.17, 15) is 0 Å². The Bertz CT molecular complexity index is 282. The van der Waals surface area contributed by atoms with Crippen molar-refractivity contribution in [1.82, 2.24) is 4.90 Å². The molecular weight excluding hydrogens is 234 g/mol. The van der Waals surface area contributed by atoms with Crippen molar-refractivity contribution in [3.05, 3.63) is 0 Å². The second kappa shape index (κ2) is 6.92. The van der Waals surface area contributed by atoms with Gasteiger partial charge in [0.1, 0.15) is 0 Å². The van der Waals surface area contributed by atoms with Gasteiger partial charge in [0.15, 0.2) is 5.96 Å². The van der Waals surface area contributed by atoms with Gasteiger partial charge >= 0.3 is 0 Å². The predicted octanol–water partition coefficient (Wildman–Crippen LogP) is -0.191. The molecule has 1 rings (SSSR count). The molecule has 0 bridgehead atoms. The molecule has 3 N–H and O–H groups in total. The number of ether oxygens (including phenoxy) is 2. The van der Waals surface area contributed by atoms with E-state index < -0.39 is 5.60 Å². The summed E-state index contributed by atoms with van der Waals surface area (Å²) in [7, 11) is 0. The molecule has 0 amide bonds. The summed E-state index contributed by atoms with van der Waals surface area (Å²) in [5.41, 5.74) is 5.55. The minimum Gasteiger partial charge on any atom is -0.394 e. The van der Waals surface area contributed by atoms with Gasteiger partial charge in [-0.3, -0.25) is 4.99 Å². The molecule has 1 atom stereocenters. The summed E-state index contributed by atoms with van der Waals surface area (Å²) >= 11 is 0. The molecule has 6 nitrogen and oxygen atoms in total. The van der Waals surface area contributed by atoms with E-state index in [1.807, 2.05) is 25.7 Å². The van der Waals surface area contributed by atoms with Gasteiger partial charge in [0.05, 0.1) is 38.1 Å². The summed E-state index contributed by atoms with van der Waals surface area (Å²) in [6, 6.07) is 0. The molecule has 0 spiro atoms. The highest BCUT2D eigenvalue weighted by Gasteiger charge is 2.21. The van der Waals surface area contributed by atoms with E-state index in [1.54, 1.807) is 0 Å². The molecule has 6 heteroatoms. The maximum atomic E-state index is 8.73. The van der Waals surface area contributed by atoms with Crippen molar-refractivity contribution in [1.29, 1.82) is 0 Å². The van der Waals surface area contributed by atoms with Crippen molar-refractivity contribution in [3.8, 4) is 0 Å². The highest BCUT2D eigenvalue weighted by Crippen LogP contribution is 2.10. The Morgan fingerprint density at radius 3 is 2.94 bits per heavy atom. The topological polar surface area (TPSA) is 80.3 Å². The summed E-state index contributed by atoms with van der Waals surface area (Å²) in [6.07, 6.45) is 0.186. The smallest absolute Gasteiger partial charge is 0.191 e. The second-order valence-electron chi connectivity index (χ2n) is 5.13. The molecular formula is C12H25N3O3. The van der Waals surface area contributed by atoms with Gasteiger partial charge in [-0.25, -0.2) is 0 Å². The highest BCUT2D eigenvalue weighted by molar-refractivity contribution is 5.78. The first kappa shape index (κ1) is 15.2. The SMILES string of the molecule is CC1CN(C(N)=NCC(C)(C)OCCO)CCO1. The molecule has 0 saturated carbocycles. The standard InChI is InChI=1S/C12H25N3O3/c1-10-8-15(4-6-17-10)11(13)14-9-12(2,3)18-7-5-16/h10,16H,4-9H2,1-3H3,(H2,13,14). The number of hydrogen-bond donors (Lipinski definition) is 2. The molecule has 1 aliphatic heterocycles. The first-order valence-corrected chi connectivity index (χ1v) is 6.36. The van der Waals surface area contributed by atoms with E-state index >= 15 is 0 Å². The van der Waals surface area contributed by atoms with E-state index in [4.69, 9.17) is 20.3 Å². The molecule has 1 fully saturated rings. The van der Waals surface area contributed by atoms with Crippen LogP contribution in [-0.2, 0) is 9.47 Å². The average Bonchev–Trinajstić information content (AvgIpc) is 2.34. The van der Waals surface area contributed by atoms with Gasteiger partial charge in [-0.05, 0) is 20.8 Å². The van der Waals surface area contributed by atoms with Crippen molar-refractivity contribution >= 4 is 5.96 Å². The predicted molar refractivity (Wildman–Crippen MR) is 70.6 cm³/mol. The fourth-order valence-electron chi connectivity index (χ4n) is 1.77. The van der Waals surface area contributed by atoms with Crippen molar-refractivity contribution in [2.45, 2.75) is 32.5 Å². The quantitative estimate of drug-likeness (QED) is 0.528. The average molecular weight is 259 g/mol. The molecule has 0 aromatic carbocycles. The molecule has 0 radical (unpaired) electrons. The number of nitrogens with two attached hydrogens (primary N) is 1. The van der Waals surface area contributed by atoms with Crippen LogP contribution in [0.3, 0.4) is 0 Å². The van der Waals surface area contributed by atoms with Crippen LogP contribution in [0.15, 0.2) is 4.99 Å². The highest BCUT2D eigenvalue weighted by atomic mass is 16.5. The number of hydrogen-bond acceptors (Lipinski definition) is 4. The van der Waals surface area contributed by atoms with Gasteiger partial charge in [-0.2, -0.15) is 0 Å². The Balaban J connectivity index is 2.44. The van der Waals surface area contributed by atoms with E-state index in [1.165, 1.54) is 0 Å². The van der Waals surface area contributed by atoms with Crippen LogP contribution in [0.1, 0.15) is 20.8 Å². The lowest BCUT2D eigenvalue weighted by molar-refractivity contribution is -0.0266. The first-order valence-electron chi connectivity index (χ1n) is 6.36. The first-order chi connectivity index (χ1) is 8.44. The third-order valence-corrected chi connectivity index (χ3v) is 2.77. The molecule has 1 saturated heterocycles. The Labute approximate surface area is 109 Å². The zero-order chi connectivity index (χ0) is 13.6. The van der Waals surface area contributed by atoms with E-state index in [2.05, 4.69) is 4.99 Å². The Morgan fingerprint density at radius 1 is 1.61 bits per heavy atom. The van der Waals surface area contributed by atoms with Gasteiger partial charge in [0.2, 0.25) is 0 Å². The van der Waals surface area contributed by atoms with Crippen LogP contribution in [0.25, 0.3) is 0 Å². The monoisotopic (exact) mass is 259 g/mol. The molecule has 1 aliphatic rings. The van der Waals surface area contributed by atoms with Gasteiger partial charge in [-0.1, -0.05) is 0 Å². The Kier molecular flexibility index (Phi) is 5.84. The van der Waals surface area contributed by atoms with E-state index in [0.29, 0.717) is 25.7 Å². The maximum absolute atomic E-state index is 8.73. The Hall–Kier alpha value is -0.850. The normalized spacial score (nSPS) is 22.3. The van der Waals surface area contributed by atoms with Crippen LogP contribution < -0.4 is 5.73 Å². The molecule has 106 valence electrons. The molecule has 1 heterocycles. The van der Waals surface area contributed by atoms with Crippen LogP contribution in [-0.4, -0.2) is 67.1 Å². The summed E-state index contributed by atoms with van der Waals surface area (Å²) < 4.78 is 10.9. The number of morpholine rings is 1. The van der Waals surface area contributed by atoms with Crippen LogP contribution in [0.2, 0.25) is 0 Å². The van der Waals surface area contributed by atoms with Crippen LogP contribution in [0, 0.1) is 0 Å². The fraction of sp³-hybridized carbons (Fsp3) is 0.917. The minimum absolute atomic E-state index is 0.0175. The van der Waals surface area contributed by atoms with Gasteiger partial charge in [0, 0.05) is 13.1 Å². The van der Waals surface area contributed by atoms with E-state index in [-0.39, 0.29) is 12.7 Å².